The Bertz CT molecular complexity index is 1340. The number of methoxy groups -OCH3 is 1. The maximum Gasteiger partial charge on any atom is 0.337 e. The van der Waals surface area contributed by atoms with Crippen LogP contribution in [0.4, 0.5) is 5.69 Å². The molecule has 158 valence electrons. The normalized spacial score (nSPS) is 11.0. The number of pyridine rings is 1. The molecule has 1 amide bonds. The number of carbonyl (C=O) groups excluding carboxylic acids is 2. The number of amides is 1. The van der Waals surface area contributed by atoms with E-state index >= 15 is 0 Å². The highest BCUT2D eigenvalue weighted by Crippen LogP contribution is 2.33. The van der Waals surface area contributed by atoms with Gasteiger partial charge >= 0.3 is 5.97 Å². The fourth-order valence-electron chi connectivity index (χ4n) is 3.35. The molecule has 0 unspecified atom stereocenters. The van der Waals surface area contributed by atoms with Crippen LogP contribution >= 0.6 is 22.9 Å². The molecule has 0 atom stereocenters. The highest BCUT2D eigenvalue weighted by atomic mass is 35.5. The number of thiophene rings is 1. The van der Waals surface area contributed by atoms with Crippen molar-refractivity contribution in [3.63, 3.8) is 0 Å². The second-order valence-electron chi connectivity index (χ2n) is 6.97. The first-order valence-corrected chi connectivity index (χ1v) is 10.5. The van der Waals surface area contributed by atoms with Crippen LogP contribution in [0.15, 0.2) is 34.9 Å². The molecule has 9 heteroatoms. The van der Waals surface area contributed by atoms with E-state index in [-0.39, 0.29) is 22.0 Å². The molecule has 1 N–H and O–H groups in total. The number of nitrogens with one attached hydrogen (secondary N) is 1. The molecule has 4 rings (SSSR count). The van der Waals surface area contributed by atoms with Crippen LogP contribution in [0.5, 0.6) is 0 Å². The van der Waals surface area contributed by atoms with E-state index in [0.29, 0.717) is 22.3 Å². The van der Waals surface area contributed by atoms with Gasteiger partial charge in [0.1, 0.15) is 0 Å². The molecule has 0 aliphatic carbocycles. The fraction of sp³-hybridized carbons (Fsp3) is 0.182. The first-order valence-electron chi connectivity index (χ1n) is 9.32. The van der Waals surface area contributed by atoms with Crippen molar-refractivity contribution in [2.75, 3.05) is 12.4 Å². The molecule has 7 nitrogen and oxygen atoms in total. The first-order chi connectivity index (χ1) is 14.8. The van der Waals surface area contributed by atoms with Gasteiger partial charge in [-0.15, -0.1) is 11.3 Å². The Hall–Kier alpha value is -3.23. The SMILES string of the molecule is COC(=O)c1ccc(Cl)c(NC(=O)c2cc(-c3cc(C)sc3C)nc3onc(C)c23)c1. The molecule has 4 aromatic rings. The Morgan fingerprint density at radius 1 is 1.16 bits per heavy atom. The monoisotopic (exact) mass is 455 g/mol. The van der Waals surface area contributed by atoms with Crippen LogP contribution in [0.25, 0.3) is 22.4 Å². The summed E-state index contributed by atoms with van der Waals surface area (Å²) >= 11 is 7.90. The number of carbonyl (C=O) groups is 2. The number of fused-ring (bicyclic) bond motifs is 1. The van der Waals surface area contributed by atoms with E-state index in [1.807, 2.05) is 19.9 Å². The predicted octanol–water partition coefficient (Wildman–Crippen LogP) is 5.57. The lowest BCUT2D eigenvalue weighted by molar-refractivity contribution is 0.0600. The fourth-order valence-corrected chi connectivity index (χ4v) is 4.45. The van der Waals surface area contributed by atoms with Gasteiger partial charge in [0.15, 0.2) is 0 Å². The summed E-state index contributed by atoms with van der Waals surface area (Å²) in [5.74, 6) is -0.951. The molecule has 0 aliphatic rings. The number of esters is 1. The van der Waals surface area contributed by atoms with Gasteiger partial charge in [0.05, 0.1) is 45.7 Å². The van der Waals surface area contributed by atoms with E-state index in [4.69, 9.17) is 20.9 Å². The summed E-state index contributed by atoms with van der Waals surface area (Å²) in [6.07, 6.45) is 0. The molecule has 3 aromatic heterocycles. The predicted molar refractivity (Wildman–Crippen MR) is 120 cm³/mol. The molecule has 0 saturated heterocycles. The van der Waals surface area contributed by atoms with Crippen molar-refractivity contribution in [3.8, 4) is 11.3 Å². The minimum Gasteiger partial charge on any atom is -0.465 e. The molecule has 0 fully saturated rings. The molecule has 0 radical (unpaired) electrons. The van der Waals surface area contributed by atoms with Crippen LogP contribution in [0, 0.1) is 20.8 Å². The molecule has 0 aliphatic heterocycles. The maximum absolute atomic E-state index is 13.3. The quantitative estimate of drug-likeness (QED) is 0.404. The number of hydrogen-bond donors (Lipinski definition) is 1. The van der Waals surface area contributed by atoms with Gasteiger partial charge in [0.25, 0.3) is 11.6 Å². The van der Waals surface area contributed by atoms with Gasteiger partial charge in [0, 0.05) is 15.3 Å². The van der Waals surface area contributed by atoms with E-state index < -0.39 is 11.9 Å². The number of rotatable bonds is 4. The van der Waals surface area contributed by atoms with E-state index in [1.54, 1.807) is 24.3 Å². The molecule has 0 spiro atoms. The number of aromatic nitrogens is 2. The summed E-state index contributed by atoms with van der Waals surface area (Å²) in [5.41, 5.74) is 3.28. The topological polar surface area (TPSA) is 94.3 Å². The summed E-state index contributed by atoms with van der Waals surface area (Å²) in [5, 5.41) is 7.56. The van der Waals surface area contributed by atoms with Crippen molar-refractivity contribution in [1.29, 1.82) is 0 Å². The van der Waals surface area contributed by atoms with Crippen LogP contribution < -0.4 is 5.32 Å². The number of nitrogens with zero attached hydrogens (tertiary/aromatic N) is 2. The molecule has 0 bridgehead atoms. The average Bonchev–Trinajstić information content (AvgIpc) is 3.29. The number of benzene rings is 1. The van der Waals surface area contributed by atoms with Gasteiger partial charge in [-0.05, 0) is 51.1 Å². The Morgan fingerprint density at radius 3 is 2.61 bits per heavy atom. The highest BCUT2D eigenvalue weighted by Gasteiger charge is 2.21. The lowest BCUT2D eigenvalue weighted by Gasteiger charge is -2.11. The number of ether oxygens (including phenoxy) is 1. The smallest absolute Gasteiger partial charge is 0.337 e. The van der Waals surface area contributed by atoms with Gasteiger partial charge in [0.2, 0.25) is 0 Å². The van der Waals surface area contributed by atoms with Crippen LogP contribution in [-0.4, -0.2) is 29.1 Å². The third-order valence-electron chi connectivity index (χ3n) is 4.81. The van der Waals surface area contributed by atoms with Crippen LogP contribution in [0.3, 0.4) is 0 Å². The Morgan fingerprint density at radius 2 is 1.94 bits per heavy atom. The molecular formula is C22H18ClN3O4S. The molecule has 31 heavy (non-hydrogen) atoms. The summed E-state index contributed by atoms with van der Waals surface area (Å²) < 4.78 is 10.1. The maximum atomic E-state index is 13.3. The van der Waals surface area contributed by atoms with Crippen LogP contribution in [0.2, 0.25) is 5.02 Å². The van der Waals surface area contributed by atoms with Crippen molar-refractivity contribution in [2.24, 2.45) is 0 Å². The third kappa shape index (κ3) is 3.92. The van der Waals surface area contributed by atoms with Gasteiger partial charge in [-0.2, -0.15) is 0 Å². The standard InChI is InChI=1S/C22H18ClN3O4S/c1-10-7-14(12(3)31-10)17-9-15(19-11(2)26-30-21(19)25-17)20(27)24-18-8-13(22(28)29-4)5-6-16(18)23/h5-9H,1-4H3,(H,24,27). The van der Waals surface area contributed by atoms with Gasteiger partial charge < -0.3 is 14.6 Å². The van der Waals surface area contributed by atoms with E-state index in [2.05, 4.69) is 15.5 Å². The zero-order valence-corrected chi connectivity index (χ0v) is 18.8. The minimum absolute atomic E-state index is 0.272. The summed E-state index contributed by atoms with van der Waals surface area (Å²) in [7, 11) is 1.28. The average molecular weight is 456 g/mol. The van der Waals surface area contributed by atoms with Crippen molar-refractivity contribution >= 4 is 51.6 Å². The molecule has 0 saturated carbocycles. The number of anilines is 1. The first kappa shape index (κ1) is 21.0. The number of halogens is 1. The summed E-state index contributed by atoms with van der Waals surface area (Å²) in [4.78, 5) is 31.9. The van der Waals surface area contributed by atoms with E-state index in [1.165, 1.54) is 25.3 Å². The summed E-state index contributed by atoms with van der Waals surface area (Å²) in [6, 6.07) is 8.26. The Balaban J connectivity index is 1.80. The van der Waals surface area contributed by atoms with Crippen molar-refractivity contribution in [2.45, 2.75) is 20.8 Å². The minimum atomic E-state index is -0.529. The van der Waals surface area contributed by atoms with Gasteiger partial charge in [-0.1, -0.05) is 16.8 Å². The second-order valence-corrected chi connectivity index (χ2v) is 8.84. The Labute approximate surface area is 187 Å². The van der Waals surface area contributed by atoms with Crippen molar-refractivity contribution < 1.29 is 18.8 Å². The van der Waals surface area contributed by atoms with Crippen LogP contribution in [0.1, 0.15) is 36.2 Å². The summed E-state index contributed by atoms with van der Waals surface area (Å²) in [6.45, 7) is 5.76. The van der Waals surface area contributed by atoms with Crippen molar-refractivity contribution in [1.82, 2.24) is 10.1 Å². The zero-order chi connectivity index (χ0) is 22.3. The van der Waals surface area contributed by atoms with Crippen molar-refractivity contribution in [3.05, 3.63) is 61.9 Å². The van der Waals surface area contributed by atoms with E-state index in [9.17, 15) is 9.59 Å². The van der Waals surface area contributed by atoms with E-state index in [0.717, 1.165) is 15.3 Å². The lowest BCUT2D eigenvalue weighted by Crippen LogP contribution is -2.14. The van der Waals surface area contributed by atoms with Crippen LogP contribution in [-0.2, 0) is 4.74 Å². The molecule has 3 heterocycles. The van der Waals surface area contributed by atoms with Gasteiger partial charge in [-0.25, -0.2) is 9.78 Å². The lowest BCUT2D eigenvalue weighted by atomic mass is 10.1. The second kappa shape index (κ2) is 8.13. The Kier molecular flexibility index (Phi) is 5.51. The third-order valence-corrected chi connectivity index (χ3v) is 6.11. The number of aryl methyl sites for hydroxylation is 3. The highest BCUT2D eigenvalue weighted by molar-refractivity contribution is 7.12. The zero-order valence-electron chi connectivity index (χ0n) is 17.2. The largest absolute Gasteiger partial charge is 0.465 e. The molecular weight excluding hydrogens is 438 g/mol. The van der Waals surface area contributed by atoms with Gasteiger partial charge in [-0.3, -0.25) is 4.79 Å². The number of hydrogen-bond acceptors (Lipinski definition) is 7. The molecule has 1 aromatic carbocycles.